The number of fused-ring (bicyclic) bond motifs is 1. The van der Waals surface area contributed by atoms with Crippen molar-refractivity contribution in [2.24, 2.45) is 0 Å². The lowest BCUT2D eigenvalue weighted by atomic mass is 10.1. The van der Waals surface area contributed by atoms with Crippen LogP contribution < -0.4 is 15.0 Å². The number of aromatic nitrogens is 1. The summed E-state index contributed by atoms with van der Waals surface area (Å²) in [5.41, 5.74) is 2.26. The average molecular weight is 380 g/mol. The highest BCUT2D eigenvalue weighted by molar-refractivity contribution is 5.95. The van der Waals surface area contributed by atoms with Gasteiger partial charge in [-0.25, -0.2) is 0 Å². The lowest BCUT2D eigenvalue weighted by molar-refractivity contribution is 0.0781. The van der Waals surface area contributed by atoms with Gasteiger partial charge in [0.1, 0.15) is 5.56 Å². The Bertz CT molecular complexity index is 1070. The Balaban J connectivity index is 1.60. The van der Waals surface area contributed by atoms with Crippen molar-refractivity contribution in [3.05, 3.63) is 81.7 Å². The molecule has 0 unspecified atom stereocenters. The molecule has 2 aromatic heterocycles. The first kappa shape index (κ1) is 17.9. The summed E-state index contributed by atoms with van der Waals surface area (Å²) < 4.78 is 17.3. The van der Waals surface area contributed by atoms with Gasteiger partial charge >= 0.3 is 0 Å². The van der Waals surface area contributed by atoms with Gasteiger partial charge in [-0.2, -0.15) is 0 Å². The molecule has 1 aliphatic heterocycles. The Labute approximate surface area is 161 Å². The van der Waals surface area contributed by atoms with E-state index in [1.54, 1.807) is 44.8 Å². The molecule has 0 saturated heterocycles. The Kier molecular flexibility index (Phi) is 4.65. The number of pyridine rings is 1. The van der Waals surface area contributed by atoms with Gasteiger partial charge in [0.05, 0.1) is 19.1 Å². The number of amides is 1. The van der Waals surface area contributed by atoms with Gasteiger partial charge in [-0.3, -0.25) is 9.59 Å². The quantitative estimate of drug-likeness (QED) is 0.681. The molecule has 3 aromatic rings. The number of ether oxygens (including phenoxy) is 2. The summed E-state index contributed by atoms with van der Waals surface area (Å²) in [6, 6.07) is 9.13. The predicted octanol–water partition coefficient (Wildman–Crippen LogP) is 2.80. The molecule has 0 bridgehead atoms. The molecular formula is C21H20N2O5. The van der Waals surface area contributed by atoms with Crippen molar-refractivity contribution in [3.63, 3.8) is 0 Å². The third-order valence-electron chi connectivity index (χ3n) is 4.72. The largest absolute Gasteiger partial charge is 0.472 e. The van der Waals surface area contributed by atoms with E-state index >= 15 is 0 Å². The van der Waals surface area contributed by atoms with Gasteiger partial charge in [0.25, 0.3) is 11.5 Å². The fourth-order valence-corrected chi connectivity index (χ4v) is 3.20. The fourth-order valence-electron chi connectivity index (χ4n) is 3.20. The van der Waals surface area contributed by atoms with Gasteiger partial charge in [-0.15, -0.1) is 0 Å². The third-order valence-corrected chi connectivity index (χ3v) is 4.72. The normalized spacial score (nSPS) is 12.2. The van der Waals surface area contributed by atoms with E-state index in [0.717, 1.165) is 11.1 Å². The van der Waals surface area contributed by atoms with Gasteiger partial charge in [-0.1, -0.05) is 6.07 Å². The van der Waals surface area contributed by atoms with E-state index < -0.39 is 0 Å². The maximum absolute atomic E-state index is 13.0. The van der Waals surface area contributed by atoms with Crippen molar-refractivity contribution in [1.29, 1.82) is 0 Å². The second-order valence-corrected chi connectivity index (χ2v) is 6.79. The van der Waals surface area contributed by atoms with Crippen molar-refractivity contribution >= 4 is 5.91 Å². The van der Waals surface area contributed by atoms with Crippen LogP contribution >= 0.6 is 0 Å². The summed E-state index contributed by atoms with van der Waals surface area (Å²) in [5.74, 6) is 1.04. The number of rotatable bonds is 5. The Morgan fingerprint density at radius 2 is 1.96 bits per heavy atom. The van der Waals surface area contributed by atoms with Gasteiger partial charge in [0.2, 0.25) is 6.79 Å². The summed E-state index contributed by atoms with van der Waals surface area (Å²) >= 11 is 0. The fraction of sp³-hybridized carbons (Fsp3) is 0.238. The minimum absolute atomic E-state index is 0.175. The van der Waals surface area contributed by atoms with Crippen molar-refractivity contribution in [1.82, 2.24) is 9.47 Å². The summed E-state index contributed by atoms with van der Waals surface area (Å²) in [5, 5.41) is 0. The van der Waals surface area contributed by atoms with Crippen LogP contribution in [-0.4, -0.2) is 29.2 Å². The zero-order valence-corrected chi connectivity index (χ0v) is 15.7. The molecule has 144 valence electrons. The maximum atomic E-state index is 13.0. The molecule has 0 aliphatic carbocycles. The van der Waals surface area contributed by atoms with E-state index in [-0.39, 0.29) is 23.8 Å². The molecule has 0 spiro atoms. The number of aryl methyl sites for hydroxylation is 1. The first-order valence-electron chi connectivity index (χ1n) is 8.88. The summed E-state index contributed by atoms with van der Waals surface area (Å²) in [4.78, 5) is 27.4. The van der Waals surface area contributed by atoms with Crippen LogP contribution in [0.2, 0.25) is 0 Å². The Morgan fingerprint density at radius 1 is 1.14 bits per heavy atom. The van der Waals surface area contributed by atoms with E-state index in [0.29, 0.717) is 30.2 Å². The highest BCUT2D eigenvalue weighted by atomic mass is 16.7. The van der Waals surface area contributed by atoms with Crippen LogP contribution in [0.3, 0.4) is 0 Å². The molecule has 1 aromatic carbocycles. The van der Waals surface area contributed by atoms with Gasteiger partial charge in [-0.05, 0) is 42.3 Å². The molecule has 0 N–H and O–H groups in total. The van der Waals surface area contributed by atoms with Crippen LogP contribution in [0.15, 0.2) is 58.3 Å². The molecular weight excluding hydrogens is 360 g/mol. The summed E-state index contributed by atoms with van der Waals surface area (Å²) in [6.07, 6.45) is 4.84. The first-order chi connectivity index (χ1) is 13.5. The Morgan fingerprint density at radius 3 is 2.75 bits per heavy atom. The van der Waals surface area contributed by atoms with E-state index in [4.69, 9.17) is 13.9 Å². The molecule has 4 rings (SSSR count). The van der Waals surface area contributed by atoms with Crippen molar-refractivity contribution in [2.75, 3.05) is 13.8 Å². The van der Waals surface area contributed by atoms with Gasteiger partial charge < -0.3 is 23.4 Å². The van der Waals surface area contributed by atoms with Crippen LogP contribution in [0.25, 0.3) is 0 Å². The molecule has 0 atom stereocenters. The number of nitrogens with zero attached hydrogens (tertiary/aromatic N) is 2. The maximum Gasteiger partial charge on any atom is 0.263 e. The number of benzene rings is 1. The van der Waals surface area contributed by atoms with E-state index in [9.17, 15) is 9.59 Å². The van der Waals surface area contributed by atoms with E-state index in [1.807, 2.05) is 18.2 Å². The van der Waals surface area contributed by atoms with Crippen LogP contribution in [0.1, 0.15) is 27.0 Å². The molecule has 28 heavy (non-hydrogen) atoms. The van der Waals surface area contributed by atoms with Gasteiger partial charge in [0.15, 0.2) is 11.5 Å². The van der Waals surface area contributed by atoms with Gasteiger partial charge in [0, 0.05) is 25.4 Å². The molecule has 1 aliphatic rings. The molecule has 7 heteroatoms. The SMILES string of the molecule is Cc1ccn(Cc2ccc3c(c2)OCO3)c(=O)c1C(=O)N(C)Cc1ccoc1. The highest BCUT2D eigenvalue weighted by Gasteiger charge is 2.20. The molecule has 7 nitrogen and oxygen atoms in total. The van der Waals surface area contributed by atoms with Crippen LogP contribution in [0, 0.1) is 6.92 Å². The van der Waals surface area contributed by atoms with Crippen LogP contribution in [0.5, 0.6) is 11.5 Å². The van der Waals surface area contributed by atoms with Crippen molar-refractivity contribution in [2.45, 2.75) is 20.0 Å². The second kappa shape index (κ2) is 7.26. The zero-order valence-electron chi connectivity index (χ0n) is 15.7. The highest BCUT2D eigenvalue weighted by Crippen LogP contribution is 2.32. The Hall–Kier alpha value is -3.48. The zero-order chi connectivity index (χ0) is 19.7. The number of hydrogen-bond acceptors (Lipinski definition) is 5. The minimum atomic E-state index is -0.318. The van der Waals surface area contributed by atoms with Crippen LogP contribution in [-0.2, 0) is 13.1 Å². The lowest BCUT2D eigenvalue weighted by Gasteiger charge is -2.18. The predicted molar refractivity (Wildman–Crippen MR) is 102 cm³/mol. The number of hydrogen-bond donors (Lipinski definition) is 0. The van der Waals surface area contributed by atoms with E-state index in [1.165, 1.54) is 9.47 Å². The molecule has 0 radical (unpaired) electrons. The van der Waals surface area contributed by atoms with E-state index in [2.05, 4.69) is 0 Å². The number of furan rings is 1. The molecule has 0 saturated carbocycles. The monoisotopic (exact) mass is 380 g/mol. The van der Waals surface area contributed by atoms with Crippen LogP contribution in [0.4, 0.5) is 0 Å². The lowest BCUT2D eigenvalue weighted by Crippen LogP contribution is -2.35. The van der Waals surface area contributed by atoms with Crippen molar-refractivity contribution < 1.29 is 18.7 Å². The average Bonchev–Trinajstić information content (AvgIpc) is 3.35. The summed E-state index contributed by atoms with van der Waals surface area (Å²) in [6.45, 7) is 2.67. The molecule has 0 fully saturated rings. The molecule has 3 heterocycles. The topological polar surface area (TPSA) is 73.9 Å². The van der Waals surface area contributed by atoms with Crippen molar-refractivity contribution in [3.8, 4) is 11.5 Å². The smallest absolute Gasteiger partial charge is 0.263 e. The standard InChI is InChI=1S/C21H20N2O5/c1-14-5-7-23(11-15-3-4-17-18(9-15)28-13-27-17)21(25)19(14)20(24)22(2)10-16-6-8-26-12-16/h3-9,12H,10-11,13H2,1-2H3. The third kappa shape index (κ3) is 3.38. The number of carbonyl (C=O) groups is 1. The summed E-state index contributed by atoms with van der Waals surface area (Å²) in [7, 11) is 1.67. The first-order valence-corrected chi connectivity index (χ1v) is 8.88. The second-order valence-electron chi connectivity index (χ2n) is 6.79. The minimum Gasteiger partial charge on any atom is -0.472 e. The molecule has 1 amide bonds. The number of carbonyl (C=O) groups excluding carboxylic acids is 1.